The maximum atomic E-state index is 13.5. The summed E-state index contributed by atoms with van der Waals surface area (Å²) in [7, 11) is -0.0414. The second-order valence-corrected chi connectivity index (χ2v) is 9.92. The summed E-state index contributed by atoms with van der Waals surface area (Å²) in [5.41, 5.74) is 2.68. The van der Waals surface area contributed by atoms with Crippen LogP contribution < -0.4 is 10.6 Å². The Balaban J connectivity index is 1.29. The first-order valence-electron chi connectivity index (χ1n) is 10.2. The van der Waals surface area contributed by atoms with E-state index >= 15 is 0 Å². The zero-order valence-corrected chi connectivity index (χ0v) is 18.7. The maximum absolute atomic E-state index is 13.5. The summed E-state index contributed by atoms with van der Waals surface area (Å²) in [5, 5.41) is 4.84. The minimum atomic E-state index is -4.35. The SMILES string of the molecule is FC(F)(F)c1cc(PC(=S)Nc2ccc(-n3ccc4ccncc43)cc2)ccc1C1CC1. The number of hydrogen-bond acceptors (Lipinski definition) is 2. The second-order valence-electron chi connectivity index (χ2n) is 7.82. The van der Waals surface area contributed by atoms with Crippen LogP contribution in [-0.2, 0) is 6.18 Å². The molecular formula is C24H19F3N3PS. The zero-order valence-electron chi connectivity index (χ0n) is 16.9. The largest absolute Gasteiger partial charge is 0.416 e. The fourth-order valence-corrected chi connectivity index (χ4v) is 5.15. The van der Waals surface area contributed by atoms with E-state index in [-0.39, 0.29) is 14.5 Å². The van der Waals surface area contributed by atoms with Crippen LogP contribution in [0.15, 0.2) is 73.2 Å². The van der Waals surface area contributed by atoms with Crippen LogP contribution in [-0.4, -0.2) is 14.3 Å². The first-order chi connectivity index (χ1) is 15.4. The molecule has 2 aromatic carbocycles. The van der Waals surface area contributed by atoms with Crippen molar-refractivity contribution in [1.29, 1.82) is 0 Å². The predicted molar refractivity (Wildman–Crippen MR) is 129 cm³/mol. The molecule has 1 N–H and O–H groups in total. The van der Waals surface area contributed by atoms with E-state index in [0.717, 1.165) is 35.1 Å². The minimum absolute atomic E-state index is 0.0414. The maximum Gasteiger partial charge on any atom is 0.416 e. The highest BCUT2D eigenvalue weighted by Gasteiger charge is 2.38. The molecular weight excluding hydrogens is 450 g/mol. The Morgan fingerprint density at radius 2 is 1.84 bits per heavy atom. The van der Waals surface area contributed by atoms with E-state index in [2.05, 4.69) is 10.3 Å². The van der Waals surface area contributed by atoms with Crippen molar-refractivity contribution in [3.63, 3.8) is 0 Å². The van der Waals surface area contributed by atoms with E-state index < -0.39 is 11.7 Å². The van der Waals surface area contributed by atoms with Gasteiger partial charge in [-0.2, -0.15) is 13.2 Å². The van der Waals surface area contributed by atoms with E-state index in [1.807, 2.05) is 53.4 Å². The van der Waals surface area contributed by atoms with Crippen molar-refractivity contribution >= 4 is 47.4 Å². The van der Waals surface area contributed by atoms with Crippen molar-refractivity contribution in [2.45, 2.75) is 24.9 Å². The van der Waals surface area contributed by atoms with E-state index in [1.54, 1.807) is 18.3 Å². The molecule has 0 amide bonds. The number of pyridine rings is 1. The number of nitrogens with one attached hydrogen (secondary N) is 1. The van der Waals surface area contributed by atoms with Crippen LogP contribution in [0.1, 0.15) is 29.9 Å². The highest BCUT2D eigenvalue weighted by molar-refractivity contribution is 7.95. The van der Waals surface area contributed by atoms with Gasteiger partial charge in [-0.1, -0.05) is 24.4 Å². The van der Waals surface area contributed by atoms with Crippen LogP contribution in [0.5, 0.6) is 0 Å². The van der Waals surface area contributed by atoms with E-state index in [4.69, 9.17) is 12.2 Å². The highest BCUT2D eigenvalue weighted by Crippen LogP contribution is 2.45. The second kappa shape index (κ2) is 8.30. The Morgan fingerprint density at radius 3 is 2.56 bits per heavy atom. The van der Waals surface area contributed by atoms with Crippen molar-refractivity contribution in [3.05, 3.63) is 84.3 Å². The van der Waals surface area contributed by atoms with Crippen LogP contribution in [0, 0.1) is 0 Å². The van der Waals surface area contributed by atoms with Crippen molar-refractivity contribution in [1.82, 2.24) is 9.55 Å². The standard InChI is InChI=1S/C24H19F3N3PS/c25-24(26,27)21-13-19(7-8-20(21)15-1-2-15)31-23(32)29-17-3-5-18(6-4-17)30-12-10-16-9-11-28-14-22(16)30/h3-15,31H,1-2H2,(H,29,32). The number of alkyl halides is 3. The molecule has 0 radical (unpaired) electrons. The van der Waals surface area contributed by atoms with Crippen molar-refractivity contribution in [2.75, 3.05) is 5.32 Å². The van der Waals surface area contributed by atoms with Crippen molar-refractivity contribution in [2.24, 2.45) is 0 Å². The molecule has 3 nitrogen and oxygen atoms in total. The van der Waals surface area contributed by atoms with Crippen LogP contribution in [0.2, 0.25) is 0 Å². The molecule has 0 bridgehead atoms. The molecule has 0 spiro atoms. The molecule has 4 aromatic rings. The van der Waals surface area contributed by atoms with E-state index in [1.165, 1.54) is 6.07 Å². The summed E-state index contributed by atoms with van der Waals surface area (Å²) in [4.78, 5) is 4.19. The molecule has 1 saturated carbocycles. The van der Waals surface area contributed by atoms with Crippen LogP contribution in [0.25, 0.3) is 16.6 Å². The summed E-state index contributed by atoms with van der Waals surface area (Å²) in [6.07, 6.45) is 2.89. The average molecular weight is 469 g/mol. The van der Waals surface area contributed by atoms with Gasteiger partial charge < -0.3 is 9.88 Å². The van der Waals surface area contributed by atoms with Gasteiger partial charge in [-0.15, -0.1) is 0 Å². The van der Waals surface area contributed by atoms with Gasteiger partial charge in [-0.3, -0.25) is 4.98 Å². The molecule has 32 heavy (non-hydrogen) atoms. The number of halogens is 3. The summed E-state index contributed by atoms with van der Waals surface area (Å²) < 4.78 is 43.1. The van der Waals surface area contributed by atoms with E-state index in [0.29, 0.717) is 15.6 Å². The summed E-state index contributed by atoms with van der Waals surface area (Å²) >= 11 is 5.43. The van der Waals surface area contributed by atoms with Crippen molar-refractivity contribution in [3.8, 4) is 5.69 Å². The number of thiocarbonyl (C=S) groups is 1. The number of nitrogens with zero attached hydrogens (tertiary/aromatic N) is 2. The number of fused-ring (bicyclic) bond motifs is 1. The molecule has 1 unspecified atom stereocenters. The molecule has 1 aliphatic rings. The van der Waals surface area contributed by atoms with Crippen LogP contribution in [0.4, 0.5) is 18.9 Å². The van der Waals surface area contributed by atoms with Gasteiger partial charge in [-0.05, 0) is 80.7 Å². The normalized spacial score (nSPS) is 14.3. The number of aromatic nitrogens is 2. The molecule has 1 fully saturated rings. The van der Waals surface area contributed by atoms with Gasteiger partial charge >= 0.3 is 6.18 Å². The Bertz CT molecular complexity index is 1290. The molecule has 162 valence electrons. The van der Waals surface area contributed by atoms with Crippen LogP contribution in [0.3, 0.4) is 0 Å². The molecule has 8 heteroatoms. The van der Waals surface area contributed by atoms with Crippen LogP contribution >= 0.6 is 20.8 Å². The van der Waals surface area contributed by atoms with Gasteiger partial charge in [0.1, 0.15) is 4.73 Å². The average Bonchev–Trinajstić information content (AvgIpc) is 3.52. The monoisotopic (exact) mass is 469 g/mol. The lowest BCUT2D eigenvalue weighted by molar-refractivity contribution is -0.138. The lowest BCUT2D eigenvalue weighted by atomic mass is 10.0. The third kappa shape index (κ3) is 4.41. The van der Waals surface area contributed by atoms with Crippen molar-refractivity contribution < 1.29 is 13.2 Å². The van der Waals surface area contributed by atoms with Gasteiger partial charge in [0, 0.05) is 29.2 Å². The molecule has 5 rings (SSSR count). The lowest BCUT2D eigenvalue weighted by Crippen LogP contribution is -2.14. The Morgan fingerprint density at radius 1 is 1.06 bits per heavy atom. The van der Waals surface area contributed by atoms with E-state index in [9.17, 15) is 13.2 Å². The summed E-state index contributed by atoms with van der Waals surface area (Å²) in [5.74, 6) is 0.0424. The third-order valence-corrected chi connectivity index (χ3v) is 6.89. The topological polar surface area (TPSA) is 29.9 Å². The fourth-order valence-electron chi connectivity index (χ4n) is 3.83. The lowest BCUT2D eigenvalue weighted by Gasteiger charge is -2.15. The first kappa shape index (κ1) is 21.1. The van der Waals surface area contributed by atoms with Gasteiger partial charge in [0.2, 0.25) is 0 Å². The predicted octanol–water partition coefficient (Wildman–Crippen LogP) is 6.62. The minimum Gasteiger partial charge on any atom is -0.346 e. The van der Waals surface area contributed by atoms with Gasteiger partial charge in [0.15, 0.2) is 0 Å². The first-order valence-corrected chi connectivity index (χ1v) is 11.6. The van der Waals surface area contributed by atoms with Gasteiger partial charge in [0.05, 0.1) is 17.3 Å². The molecule has 0 saturated heterocycles. The number of anilines is 1. The molecule has 2 aromatic heterocycles. The fraction of sp³-hybridized carbons (Fsp3) is 0.167. The Hall–Kier alpha value is -2.76. The Kier molecular flexibility index (Phi) is 5.48. The quantitative estimate of drug-likeness (QED) is 0.263. The molecule has 0 aliphatic heterocycles. The van der Waals surface area contributed by atoms with Gasteiger partial charge in [0.25, 0.3) is 0 Å². The molecule has 1 aliphatic carbocycles. The summed E-state index contributed by atoms with van der Waals surface area (Å²) in [6, 6.07) is 16.4. The smallest absolute Gasteiger partial charge is 0.346 e. The third-order valence-electron chi connectivity index (χ3n) is 5.53. The number of rotatable bonds is 5. The zero-order chi connectivity index (χ0) is 22.3. The molecule has 2 heterocycles. The Labute approximate surface area is 190 Å². The molecule has 1 atom stereocenters. The number of benzene rings is 2. The highest BCUT2D eigenvalue weighted by atomic mass is 32.1. The number of hydrogen-bond donors (Lipinski definition) is 1. The van der Waals surface area contributed by atoms with Gasteiger partial charge in [-0.25, -0.2) is 0 Å². The summed E-state index contributed by atoms with van der Waals surface area (Å²) in [6.45, 7) is 0.